The summed E-state index contributed by atoms with van der Waals surface area (Å²) in [6.45, 7) is 6.30. The van der Waals surface area contributed by atoms with Crippen LogP contribution in [-0.4, -0.2) is 36.0 Å². The number of ether oxygens (including phenoxy) is 2. The molecule has 0 radical (unpaired) electrons. The van der Waals surface area contributed by atoms with Crippen molar-refractivity contribution in [3.8, 4) is 5.75 Å². The highest BCUT2D eigenvalue weighted by Gasteiger charge is 2.36. The molecule has 5 nitrogen and oxygen atoms in total. The molecule has 0 saturated carbocycles. The van der Waals surface area contributed by atoms with E-state index in [1.807, 2.05) is 10.6 Å². The van der Waals surface area contributed by atoms with Crippen molar-refractivity contribution in [2.24, 2.45) is 5.92 Å². The number of pyridine rings is 1. The molecule has 5 rings (SSSR count). The van der Waals surface area contributed by atoms with Gasteiger partial charge in [0.05, 0.1) is 7.11 Å². The van der Waals surface area contributed by atoms with Crippen LogP contribution < -0.4 is 4.74 Å². The third-order valence-electron chi connectivity index (χ3n) is 6.78. The number of carbonyl (C=O) groups excluding carboxylic acids is 1. The summed E-state index contributed by atoms with van der Waals surface area (Å²) < 4.78 is 13.1. The fourth-order valence-electron chi connectivity index (χ4n) is 5.21. The van der Waals surface area contributed by atoms with E-state index in [4.69, 9.17) is 9.47 Å². The van der Waals surface area contributed by atoms with Gasteiger partial charge in [-0.05, 0) is 77.1 Å². The summed E-state index contributed by atoms with van der Waals surface area (Å²) in [6.07, 6.45) is 7.68. The molecule has 1 saturated heterocycles. The number of benzene rings is 1. The van der Waals surface area contributed by atoms with Crippen molar-refractivity contribution in [2.75, 3.05) is 20.3 Å². The van der Waals surface area contributed by atoms with Gasteiger partial charge in [0.2, 0.25) is 0 Å². The van der Waals surface area contributed by atoms with E-state index in [9.17, 15) is 4.79 Å². The number of fused-ring (bicyclic) bond motifs is 2. The first-order valence-corrected chi connectivity index (χ1v) is 10.9. The minimum Gasteiger partial charge on any atom is -0.497 e. The van der Waals surface area contributed by atoms with E-state index >= 15 is 0 Å². The Morgan fingerprint density at radius 3 is 2.74 bits per heavy atom. The van der Waals surface area contributed by atoms with Crippen LogP contribution in [0, 0.1) is 5.92 Å². The predicted molar refractivity (Wildman–Crippen MR) is 121 cm³/mol. The smallest absolute Gasteiger partial charge is 0.170 e. The number of carbonyl (C=O) groups is 1. The number of hydrogen-bond acceptors (Lipinski definition) is 4. The Morgan fingerprint density at radius 2 is 2.00 bits per heavy atom. The Kier molecular flexibility index (Phi) is 4.94. The van der Waals surface area contributed by atoms with Gasteiger partial charge in [-0.15, -0.1) is 0 Å². The first kappa shape index (κ1) is 20.0. The Hall–Kier alpha value is -2.92. The third kappa shape index (κ3) is 3.47. The second kappa shape index (κ2) is 7.65. The lowest BCUT2D eigenvalue weighted by Gasteiger charge is -2.40. The molecule has 0 amide bonds. The van der Waals surface area contributed by atoms with E-state index in [-0.39, 0.29) is 5.41 Å². The number of hydrogen-bond donors (Lipinski definition) is 0. The molecule has 3 aromatic rings. The molecule has 0 bridgehead atoms. The lowest BCUT2D eigenvalue weighted by atomic mass is 9.65. The molecule has 0 unspecified atom stereocenters. The number of aromatic nitrogens is 2. The van der Waals surface area contributed by atoms with Crippen LogP contribution in [-0.2, 0) is 10.2 Å². The molecule has 3 heterocycles. The van der Waals surface area contributed by atoms with Gasteiger partial charge in [0.25, 0.3) is 0 Å². The Morgan fingerprint density at radius 1 is 1.19 bits per heavy atom. The quantitative estimate of drug-likeness (QED) is 0.558. The predicted octanol–water partition coefficient (Wildman–Crippen LogP) is 5.07. The summed E-state index contributed by atoms with van der Waals surface area (Å²) in [5, 5.41) is 0. The Bertz CT molecular complexity index is 1180. The average molecular weight is 417 g/mol. The first-order valence-electron chi connectivity index (χ1n) is 10.9. The molecule has 1 aliphatic carbocycles. The second-order valence-corrected chi connectivity index (χ2v) is 9.22. The molecule has 2 aromatic heterocycles. The fourth-order valence-corrected chi connectivity index (χ4v) is 5.21. The summed E-state index contributed by atoms with van der Waals surface area (Å²) >= 11 is 0. The van der Waals surface area contributed by atoms with Crippen molar-refractivity contribution in [1.29, 1.82) is 0 Å². The molecule has 0 spiro atoms. The highest BCUT2D eigenvalue weighted by Crippen LogP contribution is 2.49. The van der Waals surface area contributed by atoms with Gasteiger partial charge in [0, 0.05) is 25.6 Å². The Balaban J connectivity index is 1.75. The summed E-state index contributed by atoms with van der Waals surface area (Å²) in [7, 11) is 1.72. The van der Waals surface area contributed by atoms with Gasteiger partial charge in [-0.25, -0.2) is 4.98 Å². The van der Waals surface area contributed by atoms with E-state index in [1.54, 1.807) is 13.3 Å². The van der Waals surface area contributed by atoms with Crippen LogP contribution >= 0.6 is 0 Å². The number of allylic oxidation sites excluding steroid dienone is 1. The highest BCUT2D eigenvalue weighted by molar-refractivity contribution is 5.87. The molecule has 5 heteroatoms. The summed E-state index contributed by atoms with van der Waals surface area (Å²) in [5.41, 5.74) is 7.81. The maximum Gasteiger partial charge on any atom is 0.170 e. The molecule has 1 aliphatic heterocycles. The maximum atomic E-state index is 11.2. The van der Waals surface area contributed by atoms with Crippen LogP contribution in [0.1, 0.15) is 60.3 Å². The molecule has 2 aliphatic rings. The molecular weight excluding hydrogens is 388 g/mol. The largest absolute Gasteiger partial charge is 0.497 e. The number of aldehydes is 1. The number of rotatable bonds is 4. The van der Waals surface area contributed by atoms with Crippen molar-refractivity contribution in [3.63, 3.8) is 0 Å². The summed E-state index contributed by atoms with van der Waals surface area (Å²) in [5.74, 6) is 1.40. The van der Waals surface area contributed by atoms with E-state index in [1.165, 1.54) is 22.3 Å². The van der Waals surface area contributed by atoms with Gasteiger partial charge in [0.1, 0.15) is 17.1 Å². The summed E-state index contributed by atoms with van der Waals surface area (Å²) in [6, 6.07) is 10.7. The monoisotopic (exact) mass is 416 g/mol. The lowest BCUT2D eigenvalue weighted by Crippen LogP contribution is -2.29. The van der Waals surface area contributed by atoms with E-state index < -0.39 is 0 Å². The van der Waals surface area contributed by atoms with Gasteiger partial charge in [-0.1, -0.05) is 25.5 Å². The SMILES string of the molecule is COc1ccc2c(c1)C(C)(C)CC(C1CCOCC1)=C2c1ccn2cc(C=O)nc2c1. The standard InChI is InChI=1S/C26H28N2O3/c1-26(2)14-22(17-7-10-31-11-8-17)25(21-5-4-20(30-3)13-23(21)26)18-6-9-28-15-19(16-29)27-24(28)12-18/h4-6,9,12-13,15-17H,7-8,10-11,14H2,1-3H3. The van der Waals surface area contributed by atoms with Crippen molar-refractivity contribution in [2.45, 2.75) is 38.5 Å². The average Bonchev–Trinajstić information content (AvgIpc) is 3.21. The van der Waals surface area contributed by atoms with Crippen LogP contribution in [0.4, 0.5) is 0 Å². The Labute approximate surface area is 182 Å². The van der Waals surface area contributed by atoms with E-state index in [2.05, 4.69) is 49.2 Å². The molecule has 0 N–H and O–H groups in total. The molecule has 31 heavy (non-hydrogen) atoms. The van der Waals surface area contributed by atoms with Crippen molar-refractivity contribution in [1.82, 2.24) is 9.38 Å². The lowest BCUT2D eigenvalue weighted by molar-refractivity contribution is 0.0743. The minimum absolute atomic E-state index is 0.0170. The molecule has 160 valence electrons. The first-order chi connectivity index (χ1) is 15.0. The van der Waals surface area contributed by atoms with Crippen LogP contribution in [0.2, 0.25) is 0 Å². The second-order valence-electron chi connectivity index (χ2n) is 9.22. The van der Waals surface area contributed by atoms with Crippen molar-refractivity contribution >= 4 is 17.5 Å². The van der Waals surface area contributed by atoms with Gasteiger partial charge >= 0.3 is 0 Å². The molecule has 0 atom stereocenters. The number of methoxy groups -OCH3 is 1. The molecular formula is C26H28N2O3. The van der Waals surface area contributed by atoms with Gasteiger partial charge in [-0.2, -0.15) is 0 Å². The van der Waals surface area contributed by atoms with Gasteiger partial charge in [-0.3, -0.25) is 4.79 Å². The van der Waals surface area contributed by atoms with Gasteiger partial charge < -0.3 is 13.9 Å². The zero-order valence-electron chi connectivity index (χ0n) is 18.4. The van der Waals surface area contributed by atoms with E-state index in [0.29, 0.717) is 11.6 Å². The van der Waals surface area contributed by atoms with Crippen molar-refractivity contribution < 1.29 is 14.3 Å². The van der Waals surface area contributed by atoms with Crippen molar-refractivity contribution in [3.05, 3.63) is 70.7 Å². The van der Waals surface area contributed by atoms with Crippen LogP contribution in [0.3, 0.4) is 0 Å². The van der Waals surface area contributed by atoms with Gasteiger partial charge in [0.15, 0.2) is 6.29 Å². The number of nitrogens with zero attached hydrogens (tertiary/aromatic N) is 2. The van der Waals surface area contributed by atoms with Crippen LogP contribution in [0.15, 0.2) is 48.3 Å². The van der Waals surface area contributed by atoms with E-state index in [0.717, 1.165) is 55.7 Å². The maximum absolute atomic E-state index is 11.2. The molecule has 1 fully saturated rings. The topological polar surface area (TPSA) is 52.8 Å². The zero-order valence-corrected chi connectivity index (χ0v) is 18.4. The highest BCUT2D eigenvalue weighted by atomic mass is 16.5. The van der Waals surface area contributed by atoms with Crippen LogP contribution in [0.5, 0.6) is 5.75 Å². The minimum atomic E-state index is 0.0170. The molecule has 1 aromatic carbocycles. The normalized spacial score (nSPS) is 18.8. The fraction of sp³-hybridized carbons (Fsp3) is 0.385. The zero-order chi connectivity index (χ0) is 21.6. The third-order valence-corrected chi connectivity index (χ3v) is 6.78. The summed E-state index contributed by atoms with van der Waals surface area (Å²) in [4.78, 5) is 15.7. The number of imidazole rings is 1. The van der Waals surface area contributed by atoms with Crippen LogP contribution in [0.25, 0.3) is 11.2 Å².